The molecule has 1 aliphatic heterocycles. The van der Waals surface area contributed by atoms with Crippen LogP contribution in [0.1, 0.15) is 18.9 Å². The number of anilines is 2. The van der Waals surface area contributed by atoms with Crippen LogP contribution in [0, 0.1) is 5.92 Å². The SMILES string of the molecule is CCc1c(NN)ncnc1NCC1CCN(C)C1. The van der Waals surface area contributed by atoms with E-state index < -0.39 is 0 Å². The van der Waals surface area contributed by atoms with Crippen molar-refractivity contribution in [1.82, 2.24) is 14.9 Å². The predicted molar refractivity (Wildman–Crippen MR) is 73.3 cm³/mol. The first kappa shape index (κ1) is 13.0. The summed E-state index contributed by atoms with van der Waals surface area (Å²) in [5, 5.41) is 3.43. The smallest absolute Gasteiger partial charge is 0.148 e. The highest BCUT2D eigenvalue weighted by Gasteiger charge is 2.19. The highest BCUT2D eigenvalue weighted by molar-refractivity contribution is 5.56. The number of nitrogen functional groups attached to an aromatic ring is 1. The average Bonchev–Trinajstić information content (AvgIpc) is 2.81. The van der Waals surface area contributed by atoms with Crippen LogP contribution < -0.4 is 16.6 Å². The van der Waals surface area contributed by atoms with Crippen molar-refractivity contribution >= 4 is 11.6 Å². The van der Waals surface area contributed by atoms with Gasteiger partial charge < -0.3 is 15.6 Å². The van der Waals surface area contributed by atoms with Crippen molar-refractivity contribution in [3.63, 3.8) is 0 Å². The molecule has 0 aliphatic carbocycles. The van der Waals surface area contributed by atoms with Crippen LogP contribution in [0.4, 0.5) is 11.6 Å². The van der Waals surface area contributed by atoms with Gasteiger partial charge in [-0.3, -0.25) is 0 Å². The predicted octanol–water partition coefficient (Wildman–Crippen LogP) is 0.688. The molecule has 18 heavy (non-hydrogen) atoms. The molecule has 6 nitrogen and oxygen atoms in total. The third kappa shape index (κ3) is 2.88. The molecule has 1 aliphatic rings. The Morgan fingerprint density at radius 3 is 2.83 bits per heavy atom. The van der Waals surface area contributed by atoms with Crippen LogP contribution in [0.15, 0.2) is 6.33 Å². The maximum atomic E-state index is 5.46. The summed E-state index contributed by atoms with van der Waals surface area (Å²) < 4.78 is 0. The zero-order chi connectivity index (χ0) is 13.0. The van der Waals surface area contributed by atoms with E-state index in [1.807, 2.05) is 0 Å². The maximum Gasteiger partial charge on any atom is 0.148 e. The summed E-state index contributed by atoms with van der Waals surface area (Å²) in [6, 6.07) is 0. The molecule has 1 unspecified atom stereocenters. The number of aromatic nitrogens is 2. The van der Waals surface area contributed by atoms with Gasteiger partial charge in [-0.05, 0) is 32.4 Å². The van der Waals surface area contributed by atoms with Crippen LogP contribution in [-0.4, -0.2) is 41.5 Å². The van der Waals surface area contributed by atoms with Crippen LogP contribution >= 0.6 is 0 Å². The van der Waals surface area contributed by atoms with Crippen molar-refractivity contribution in [2.45, 2.75) is 19.8 Å². The van der Waals surface area contributed by atoms with Gasteiger partial charge in [-0.2, -0.15) is 0 Å². The first-order chi connectivity index (χ1) is 8.74. The molecule has 100 valence electrons. The van der Waals surface area contributed by atoms with Crippen molar-refractivity contribution in [1.29, 1.82) is 0 Å². The quantitative estimate of drug-likeness (QED) is 0.527. The van der Waals surface area contributed by atoms with E-state index in [1.165, 1.54) is 19.3 Å². The minimum absolute atomic E-state index is 0.698. The second-order valence-corrected chi connectivity index (χ2v) is 4.85. The van der Waals surface area contributed by atoms with E-state index in [1.54, 1.807) is 0 Å². The Morgan fingerprint density at radius 1 is 1.44 bits per heavy atom. The minimum atomic E-state index is 0.698. The van der Waals surface area contributed by atoms with Crippen molar-refractivity contribution in [3.8, 4) is 0 Å². The molecule has 1 aromatic heterocycles. The van der Waals surface area contributed by atoms with Gasteiger partial charge in [0.25, 0.3) is 0 Å². The Bertz CT molecular complexity index is 394. The standard InChI is InChI=1S/C12H22N6/c1-3-10-11(15-8-16-12(10)17-13)14-6-9-4-5-18(2)7-9/h8-9H,3-7,13H2,1-2H3,(H2,14,15,16,17). The Hall–Kier alpha value is -1.40. The number of hydrogen-bond donors (Lipinski definition) is 3. The Morgan fingerprint density at radius 2 is 2.22 bits per heavy atom. The van der Waals surface area contributed by atoms with Gasteiger partial charge in [0.05, 0.1) is 0 Å². The molecule has 6 heteroatoms. The summed E-state index contributed by atoms with van der Waals surface area (Å²) in [7, 11) is 2.17. The molecule has 1 saturated heterocycles. The van der Waals surface area contributed by atoms with Crippen LogP contribution in [0.5, 0.6) is 0 Å². The minimum Gasteiger partial charge on any atom is -0.369 e. The van der Waals surface area contributed by atoms with Crippen LogP contribution in [0.3, 0.4) is 0 Å². The van der Waals surface area contributed by atoms with Crippen molar-refractivity contribution in [3.05, 3.63) is 11.9 Å². The lowest BCUT2D eigenvalue weighted by molar-refractivity contribution is 0.399. The molecule has 1 fully saturated rings. The zero-order valence-electron chi connectivity index (χ0n) is 11.1. The third-order valence-electron chi connectivity index (χ3n) is 3.48. The number of nitrogens with two attached hydrogens (primary N) is 1. The third-order valence-corrected chi connectivity index (χ3v) is 3.48. The molecule has 0 radical (unpaired) electrons. The van der Waals surface area contributed by atoms with Gasteiger partial charge in [0.1, 0.15) is 18.0 Å². The van der Waals surface area contributed by atoms with E-state index in [-0.39, 0.29) is 0 Å². The molecular formula is C12H22N6. The second kappa shape index (κ2) is 5.97. The lowest BCUT2D eigenvalue weighted by Crippen LogP contribution is -2.20. The number of nitrogens with one attached hydrogen (secondary N) is 2. The molecule has 2 heterocycles. The average molecular weight is 250 g/mol. The Labute approximate surface area is 108 Å². The molecule has 0 amide bonds. The van der Waals surface area contributed by atoms with Gasteiger partial charge >= 0.3 is 0 Å². The monoisotopic (exact) mass is 250 g/mol. The number of hydrogen-bond acceptors (Lipinski definition) is 6. The van der Waals surface area contributed by atoms with Gasteiger partial charge in [0, 0.05) is 18.7 Å². The molecular weight excluding hydrogens is 228 g/mol. The molecule has 4 N–H and O–H groups in total. The van der Waals surface area contributed by atoms with Crippen LogP contribution in [-0.2, 0) is 6.42 Å². The molecule has 0 bridgehead atoms. The van der Waals surface area contributed by atoms with E-state index in [2.05, 4.69) is 39.6 Å². The van der Waals surface area contributed by atoms with Gasteiger partial charge in [-0.1, -0.05) is 6.92 Å². The molecule has 1 aromatic rings. The number of hydrazine groups is 1. The number of rotatable bonds is 5. The van der Waals surface area contributed by atoms with Crippen LogP contribution in [0.25, 0.3) is 0 Å². The lowest BCUT2D eigenvalue weighted by atomic mass is 10.1. The topological polar surface area (TPSA) is 79.1 Å². The molecule has 0 saturated carbocycles. The highest BCUT2D eigenvalue weighted by atomic mass is 15.3. The lowest BCUT2D eigenvalue weighted by Gasteiger charge is -2.15. The van der Waals surface area contributed by atoms with Crippen molar-refractivity contribution in [2.24, 2.45) is 11.8 Å². The fraction of sp³-hybridized carbons (Fsp3) is 0.667. The Balaban J connectivity index is 2.00. The first-order valence-electron chi connectivity index (χ1n) is 6.47. The van der Waals surface area contributed by atoms with Crippen molar-refractivity contribution in [2.75, 3.05) is 37.4 Å². The van der Waals surface area contributed by atoms with Crippen LogP contribution in [0.2, 0.25) is 0 Å². The molecule has 0 spiro atoms. The van der Waals surface area contributed by atoms with Gasteiger partial charge in [0.15, 0.2) is 0 Å². The largest absolute Gasteiger partial charge is 0.369 e. The summed E-state index contributed by atoms with van der Waals surface area (Å²) in [5.74, 6) is 7.76. The summed E-state index contributed by atoms with van der Waals surface area (Å²) >= 11 is 0. The first-order valence-corrected chi connectivity index (χ1v) is 6.47. The normalized spacial score (nSPS) is 20.1. The van der Waals surface area contributed by atoms with Gasteiger partial charge in [-0.25, -0.2) is 15.8 Å². The maximum absolute atomic E-state index is 5.46. The molecule has 0 aromatic carbocycles. The molecule has 1 atom stereocenters. The Kier molecular flexibility index (Phi) is 4.33. The summed E-state index contributed by atoms with van der Waals surface area (Å²) in [5.41, 5.74) is 3.67. The zero-order valence-corrected chi connectivity index (χ0v) is 11.1. The second-order valence-electron chi connectivity index (χ2n) is 4.85. The number of nitrogens with zero attached hydrogens (tertiary/aromatic N) is 3. The highest BCUT2D eigenvalue weighted by Crippen LogP contribution is 2.21. The molecule has 2 rings (SSSR count). The summed E-state index contributed by atoms with van der Waals surface area (Å²) in [4.78, 5) is 10.8. The number of likely N-dealkylation sites (tertiary alicyclic amines) is 1. The van der Waals surface area contributed by atoms with Gasteiger partial charge in [0.2, 0.25) is 0 Å². The van der Waals surface area contributed by atoms with Gasteiger partial charge in [-0.15, -0.1) is 0 Å². The van der Waals surface area contributed by atoms with E-state index in [4.69, 9.17) is 5.84 Å². The van der Waals surface area contributed by atoms with E-state index in [0.29, 0.717) is 11.7 Å². The van der Waals surface area contributed by atoms with E-state index >= 15 is 0 Å². The summed E-state index contributed by atoms with van der Waals surface area (Å²) in [6.45, 7) is 5.38. The van der Waals surface area contributed by atoms with E-state index in [9.17, 15) is 0 Å². The summed E-state index contributed by atoms with van der Waals surface area (Å²) in [6.07, 6.45) is 3.64. The fourth-order valence-corrected chi connectivity index (χ4v) is 2.46. The van der Waals surface area contributed by atoms with Crippen molar-refractivity contribution < 1.29 is 0 Å². The van der Waals surface area contributed by atoms with E-state index in [0.717, 1.165) is 30.9 Å². The fourth-order valence-electron chi connectivity index (χ4n) is 2.46.